The summed E-state index contributed by atoms with van der Waals surface area (Å²) in [5.41, 5.74) is 0.908. The molecule has 2 aromatic carbocycles. The zero-order valence-electron chi connectivity index (χ0n) is 14.6. The zero-order valence-corrected chi connectivity index (χ0v) is 15.4. The van der Waals surface area contributed by atoms with Crippen LogP contribution >= 0.6 is 11.8 Å². The summed E-state index contributed by atoms with van der Waals surface area (Å²) >= 11 is 1.22. The van der Waals surface area contributed by atoms with E-state index in [4.69, 9.17) is 0 Å². The predicted octanol–water partition coefficient (Wildman–Crippen LogP) is 3.26. The smallest absolute Gasteiger partial charge is 0.387 e. The van der Waals surface area contributed by atoms with Gasteiger partial charge >= 0.3 is 6.61 Å². The van der Waals surface area contributed by atoms with Crippen molar-refractivity contribution in [1.29, 1.82) is 0 Å². The average Bonchev–Trinajstić information content (AvgIpc) is 2.91. The van der Waals surface area contributed by atoms with Crippen molar-refractivity contribution in [2.24, 2.45) is 0 Å². The number of ether oxygens (including phenoxy) is 1. The highest BCUT2D eigenvalue weighted by Gasteiger charge is 2.34. The van der Waals surface area contributed by atoms with E-state index in [1.165, 1.54) is 30.0 Å². The van der Waals surface area contributed by atoms with Gasteiger partial charge in [-0.15, -0.1) is 0 Å². The maximum atomic E-state index is 12.4. The Morgan fingerprint density at radius 3 is 2.29 bits per heavy atom. The minimum absolute atomic E-state index is 0.0339. The van der Waals surface area contributed by atoms with E-state index in [0.29, 0.717) is 16.9 Å². The largest absolute Gasteiger partial charge is 0.433 e. The van der Waals surface area contributed by atoms with Crippen molar-refractivity contribution in [1.82, 2.24) is 4.90 Å². The number of halogens is 2. The molecule has 6 nitrogen and oxygen atoms in total. The fourth-order valence-electron chi connectivity index (χ4n) is 2.72. The molecular formula is C19H16F2N2O4S. The highest BCUT2D eigenvalue weighted by atomic mass is 32.2. The molecule has 0 aromatic heterocycles. The molecule has 0 saturated carbocycles. The van der Waals surface area contributed by atoms with Gasteiger partial charge in [-0.25, -0.2) is 0 Å². The number of hydrogen-bond donors (Lipinski definition) is 1. The molecule has 0 saturated heterocycles. The van der Waals surface area contributed by atoms with Gasteiger partial charge in [-0.1, -0.05) is 24.3 Å². The second-order valence-electron chi connectivity index (χ2n) is 5.78. The number of rotatable bonds is 8. The van der Waals surface area contributed by atoms with E-state index in [1.54, 1.807) is 30.3 Å². The Bertz CT molecular complexity index is 872. The molecule has 0 bridgehead atoms. The molecule has 3 amide bonds. The van der Waals surface area contributed by atoms with E-state index in [0.717, 1.165) is 4.90 Å². The van der Waals surface area contributed by atoms with Gasteiger partial charge in [0.2, 0.25) is 5.91 Å². The second-order valence-corrected chi connectivity index (χ2v) is 6.89. The number of thioether (sulfide) groups is 1. The molecule has 1 N–H and O–H groups in total. The molecule has 28 heavy (non-hydrogen) atoms. The number of anilines is 1. The number of fused-ring (bicyclic) bond motifs is 1. The number of alkyl halides is 2. The van der Waals surface area contributed by atoms with Gasteiger partial charge in [-0.05, 0) is 24.3 Å². The number of nitrogens with one attached hydrogen (secondary N) is 1. The van der Waals surface area contributed by atoms with Crippen molar-refractivity contribution < 1.29 is 27.9 Å². The van der Waals surface area contributed by atoms with Gasteiger partial charge in [0.15, 0.2) is 0 Å². The topological polar surface area (TPSA) is 75.7 Å². The van der Waals surface area contributed by atoms with Crippen LogP contribution in [0.15, 0.2) is 48.5 Å². The first-order valence-corrected chi connectivity index (χ1v) is 9.49. The summed E-state index contributed by atoms with van der Waals surface area (Å²) in [6.07, 6.45) is 0. The van der Waals surface area contributed by atoms with Crippen LogP contribution in [0.25, 0.3) is 0 Å². The Morgan fingerprint density at radius 2 is 1.64 bits per heavy atom. The van der Waals surface area contributed by atoms with Crippen molar-refractivity contribution in [2.75, 3.05) is 23.4 Å². The molecule has 0 spiro atoms. The molecule has 2 aromatic rings. The quantitative estimate of drug-likeness (QED) is 0.538. The predicted molar refractivity (Wildman–Crippen MR) is 101 cm³/mol. The molecule has 146 valence electrons. The molecule has 0 atom stereocenters. The lowest BCUT2D eigenvalue weighted by atomic mass is 10.1. The van der Waals surface area contributed by atoms with Gasteiger partial charge in [0.05, 0.1) is 22.6 Å². The minimum Gasteiger partial charge on any atom is -0.433 e. The van der Waals surface area contributed by atoms with Gasteiger partial charge in [0, 0.05) is 12.3 Å². The average molecular weight is 406 g/mol. The van der Waals surface area contributed by atoms with Crippen LogP contribution in [0.4, 0.5) is 14.5 Å². The van der Waals surface area contributed by atoms with E-state index in [2.05, 4.69) is 10.1 Å². The van der Waals surface area contributed by atoms with Crippen molar-refractivity contribution >= 4 is 35.2 Å². The van der Waals surface area contributed by atoms with E-state index < -0.39 is 12.5 Å². The summed E-state index contributed by atoms with van der Waals surface area (Å²) in [6, 6.07) is 12.5. The van der Waals surface area contributed by atoms with Crippen molar-refractivity contribution in [3.05, 3.63) is 59.7 Å². The van der Waals surface area contributed by atoms with Gasteiger partial charge in [0.25, 0.3) is 11.8 Å². The standard InChI is InChI=1S/C19H16F2N2O4S/c20-19(21)27-15-8-4-3-7-14(15)22-16(24)11-28-10-9-23-17(25)12-5-1-2-6-13(12)18(23)26/h1-8,19H,9-11H2,(H,22,24). The second kappa shape index (κ2) is 8.83. The summed E-state index contributed by atoms with van der Waals surface area (Å²) in [5, 5.41) is 2.51. The number of carbonyl (C=O) groups is 3. The fourth-order valence-corrected chi connectivity index (χ4v) is 3.43. The third kappa shape index (κ3) is 4.48. The van der Waals surface area contributed by atoms with E-state index in [9.17, 15) is 23.2 Å². The molecule has 0 aliphatic carbocycles. The molecule has 0 radical (unpaired) electrons. The summed E-state index contributed by atoms with van der Waals surface area (Å²) in [6.45, 7) is -2.82. The first-order chi connectivity index (χ1) is 13.5. The number of para-hydroxylation sites is 2. The van der Waals surface area contributed by atoms with Crippen LogP contribution in [-0.4, -0.2) is 47.3 Å². The molecule has 9 heteroatoms. The van der Waals surface area contributed by atoms with Crippen LogP contribution in [0.5, 0.6) is 5.75 Å². The Balaban J connectivity index is 1.47. The molecule has 0 unspecified atom stereocenters. The molecule has 1 aliphatic rings. The maximum absolute atomic E-state index is 12.4. The lowest BCUT2D eigenvalue weighted by Crippen LogP contribution is -2.32. The Morgan fingerprint density at radius 1 is 1.04 bits per heavy atom. The van der Waals surface area contributed by atoms with Gasteiger partial charge in [-0.3, -0.25) is 19.3 Å². The third-order valence-electron chi connectivity index (χ3n) is 3.95. The van der Waals surface area contributed by atoms with E-state index in [-0.39, 0.29) is 35.5 Å². The molecular weight excluding hydrogens is 390 g/mol. The van der Waals surface area contributed by atoms with Crippen molar-refractivity contribution in [3.63, 3.8) is 0 Å². The highest BCUT2D eigenvalue weighted by Crippen LogP contribution is 2.26. The monoisotopic (exact) mass is 406 g/mol. The number of imide groups is 1. The number of amides is 3. The molecule has 1 heterocycles. The number of nitrogens with zero attached hydrogens (tertiary/aromatic N) is 1. The SMILES string of the molecule is O=C(CSCCN1C(=O)c2ccccc2C1=O)Nc1ccccc1OC(F)F. The van der Waals surface area contributed by atoms with Crippen molar-refractivity contribution in [3.8, 4) is 5.75 Å². The van der Waals surface area contributed by atoms with Crippen molar-refractivity contribution in [2.45, 2.75) is 6.61 Å². The van der Waals surface area contributed by atoms with Crippen LogP contribution in [0.1, 0.15) is 20.7 Å². The minimum atomic E-state index is -2.99. The Kier molecular flexibility index (Phi) is 6.25. The zero-order chi connectivity index (χ0) is 20.1. The lowest BCUT2D eigenvalue weighted by molar-refractivity contribution is -0.113. The highest BCUT2D eigenvalue weighted by molar-refractivity contribution is 7.99. The summed E-state index contributed by atoms with van der Waals surface area (Å²) in [4.78, 5) is 37.7. The maximum Gasteiger partial charge on any atom is 0.387 e. The van der Waals surface area contributed by atoms with Gasteiger partial charge < -0.3 is 10.1 Å². The number of carbonyl (C=O) groups excluding carboxylic acids is 3. The van der Waals surface area contributed by atoms with E-state index >= 15 is 0 Å². The van der Waals surface area contributed by atoms with Gasteiger partial charge in [0.1, 0.15) is 5.75 Å². The Labute approximate surface area is 163 Å². The molecule has 1 aliphatic heterocycles. The number of hydrogen-bond acceptors (Lipinski definition) is 5. The van der Waals surface area contributed by atoms with Crippen LogP contribution in [-0.2, 0) is 4.79 Å². The molecule has 3 rings (SSSR count). The first-order valence-electron chi connectivity index (χ1n) is 8.34. The van der Waals surface area contributed by atoms with Crippen LogP contribution in [0, 0.1) is 0 Å². The summed E-state index contributed by atoms with van der Waals surface area (Å²) < 4.78 is 29.2. The summed E-state index contributed by atoms with van der Waals surface area (Å²) in [5.74, 6) is -0.813. The fraction of sp³-hybridized carbons (Fsp3) is 0.211. The van der Waals surface area contributed by atoms with Crippen LogP contribution in [0.2, 0.25) is 0 Å². The first kappa shape index (κ1) is 19.8. The third-order valence-corrected chi connectivity index (χ3v) is 4.89. The molecule has 0 fully saturated rings. The van der Waals surface area contributed by atoms with Gasteiger partial charge in [-0.2, -0.15) is 20.5 Å². The normalized spacial score (nSPS) is 13.0. The lowest BCUT2D eigenvalue weighted by Gasteiger charge is -2.14. The summed E-state index contributed by atoms with van der Waals surface area (Å²) in [7, 11) is 0. The Hall–Kier alpha value is -2.94. The van der Waals surface area contributed by atoms with E-state index in [1.807, 2.05) is 0 Å². The number of benzene rings is 2. The van der Waals surface area contributed by atoms with Crippen LogP contribution in [0.3, 0.4) is 0 Å². The van der Waals surface area contributed by atoms with Crippen LogP contribution < -0.4 is 10.1 Å².